The van der Waals surface area contributed by atoms with Crippen LogP contribution in [-0.4, -0.2) is 51.8 Å². The molecule has 0 aromatic heterocycles. The van der Waals surface area contributed by atoms with Gasteiger partial charge in [0, 0.05) is 33.4 Å². The van der Waals surface area contributed by atoms with Gasteiger partial charge in [0.05, 0.1) is 12.0 Å². The molecule has 1 rings (SSSR count). The Bertz CT molecular complexity index is 417. The molecule has 0 spiro atoms. The lowest BCUT2D eigenvalue weighted by molar-refractivity contribution is -0.128. The number of aliphatic imine (C=N–C) groups is 1. The summed E-state index contributed by atoms with van der Waals surface area (Å²) in [5, 5.41) is 9.62. The minimum absolute atomic E-state index is 0.0418. The Balaban J connectivity index is 2.60. The van der Waals surface area contributed by atoms with Crippen LogP contribution >= 0.6 is 0 Å². The fourth-order valence-corrected chi connectivity index (χ4v) is 2.87. The molecule has 0 radical (unpaired) electrons. The molecule has 24 heavy (non-hydrogen) atoms. The average Bonchev–Trinajstić information content (AvgIpc) is 2.51. The van der Waals surface area contributed by atoms with E-state index < -0.39 is 5.41 Å². The highest BCUT2D eigenvalue weighted by Crippen LogP contribution is 2.43. The van der Waals surface area contributed by atoms with E-state index >= 15 is 0 Å². The topological polar surface area (TPSA) is 74.8 Å². The zero-order valence-corrected chi connectivity index (χ0v) is 16.1. The summed E-state index contributed by atoms with van der Waals surface area (Å²) in [4.78, 5) is 16.7. The first-order chi connectivity index (χ1) is 11.4. The molecule has 0 aromatic rings. The van der Waals surface area contributed by atoms with Crippen LogP contribution in [0.2, 0.25) is 0 Å². The Labute approximate surface area is 147 Å². The normalized spacial score (nSPS) is 17.1. The van der Waals surface area contributed by atoms with Crippen molar-refractivity contribution in [3.05, 3.63) is 0 Å². The van der Waals surface area contributed by atoms with E-state index in [1.807, 2.05) is 20.8 Å². The van der Waals surface area contributed by atoms with Gasteiger partial charge in [-0.1, -0.05) is 6.42 Å². The van der Waals surface area contributed by atoms with E-state index in [1.54, 1.807) is 7.11 Å². The van der Waals surface area contributed by atoms with Crippen molar-refractivity contribution in [2.75, 3.05) is 39.9 Å². The number of nitrogens with zero attached hydrogens (tertiary/aromatic N) is 1. The van der Waals surface area contributed by atoms with Crippen molar-refractivity contribution in [1.82, 2.24) is 16.0 Å². The molecule has 1 aliphatic rings. The van der Waals surface area contributed by atoms with Gasteiger partial charge in [0.1, 0.15) is 0 Å². The van der Waals surface area contributed by atoms with Crippen LogP contribution in [0, 0.1) is 10.8 Å². The van der Waals surface area contributed by atoms with Crippen molar-refractivity contribution in [3.8, 4) is 0 Å². The lowest BCUT2D eigenvalue weighted by atomic mass is 9.67. The summed E-state index contributed by atoms with van der Waals surface area (Å²) in [6.07, 6.45) is 4.87. The second kappa shape index (κ2) is 9.87. The molecule has 0 unspecified atom stereocenters. The molecule has 0 atom stereocenters. The molecule has 1 aliphatic carbocycles. The molecule has 6 nitrogen and oxygen atoms in total. The van der Waals surface area contributed by atoms with Gasteiger partial charge in [-0.05, 0) is 52.4 Å². The third kappa shape index (κ3) is 6.30. The first-order valence-electron chi connectivity index (χ1n) is 9.18. The number of nitrogens with one attached hydrogen (secondary N) is 3. The van der Waals surface area contributed by atoms with Crippen LogP contribution in [0.25, 0.3) is 0 Å². The van der Waals surface area contributed by atoms with Gasteiger partial charge in [0.2, 0.25) is 5.91 Å². The molecular formula is C18H36N4O2. The zero-order chi connectivity index (χ0) is 18.1. The van der Waals surface area contributed by atoms with Crippen molar-refractivity contribution in [1.29, 1.82) is 0 Å². The largest absolute Gasteiger partial charge is 0.385 e. The maximum absolute atomic E-state index is 12.1. The second-order valence-corrected chi connectivity index (χ2v) is 7.39. The molecule has 1 amide bonds. The van der Waals surface area contributed by atoms with E-state index in [1.165, 1.54) is 19.3 Å². The average molecular weight is 341 g/mol. The summed E-state index contributed by atoms with van der Waals surface area (Å²) in [6.45, 7) is 11.5. The summed E-state index contributed by atoms with van der Waals surface area (Å²) < 4.78 is 5.25. The summed E-state index contributed by atoms with van der Waals surface area (Å²) in [5.74, 6) is 0.832. The fraction of sp³-hybridized carbons (Fsp3) is 0.889. The van der Waals surface area contributed by atoms with Crippen LogP contribution < -0.4 is 16.0 Å². The van der Waals surface area contributed by atoms with E-state index in [0.29, 0.717) is 18.5 Å². The molecule has 0 saturated heterocycles. The predicted molar refractivity (Wildman–Crippen MR) is 99.2 cm³/mol. The van der Waals surface area contributed by atoms with Crippen LogP contribution in [0.15, 0.2) is 4.99 Å². The third-order valence-electron chi connectivity index (χ3n) is 4.81. The number of ether oxygens (including phenoxy) is 1. The number of carbonyl (C=O) groups is 1. The van der Waals surface area contributed by atoms with Crippen LogP contribution in [0.1, 0.15) is 53.4 Å². The number of rotatable bonds is 10. The van der Waals surface area contributed by atoms with Crippen molar-refractivity contribution < 1.29 is 9.53 Å². The van der Waals surface area contributed by atoms with E-state index in [-0.39, 0.29) is 5.91 Å². The van der Waals surface area contributed by atoms with Gasteiger partial charge in [0.25, 0.3) is 0 Å². The minimum atomic E-state index is -0.511. The lowest BCUT2D eigenvalue weighted by Crippen LogP contribution is -2.47. The van der Waals surface area contributed by atoms with Gasteiger partial charge >= 0.3 is 0 Å². The van der Waals surface area contributed by atoms with Crippen molar-refractivity contribution in [3.63, 3.8) is 0 Å². The molecule has 6 heteroatoms. The van der Waals surface area contributed by atoms with Gasteiger partial charge in [-0.2, -0.15) is 0 Å². The van der Waals surface area contributed by atoms with Crippen LogP contribution in [0.5, 0.6) is 0 Å². The molecule has 3 N–H and O–H groups in total. The number of hydrogen-bond donors (Lipinski definition) is 3. The van der Waals surface area contributed by atoms with Crippen molar-refractivity contribution >= 4 is 11.9 Å². The second-order valence-electron chi connectivity index (χ2n) is 7.39. The molecule has 0 aliphatic heterocycles. The molecular weight excluding hydrogens is 304 g/mol. The minimum Gasteiger partial charge on any atom is -0.385 e. The summed E-state index contributed by atoms with van der Waals surface area (Å²) in [7, 11) is 1.76. The predicted octanol–water partition coefficient (Wildman–Crippen LogP) is 1.91. The number of methoxy groups -OCH3 is 1. The Hall–Kier alpha value is -1.30. The SMILES string of the molecule is CCNC(=O)C(C)(C)CN=C(NCC)NCC1(CCOC)CCC1. The number of hydrogen-bond acceptors (Lipinski definition) is 3. The molecule has 0 aromatic carbocycles. The quantitative estimate of drug-likeness (QED) is 0.419. The van der Waals surface area contributed by atoms with Crippen LogP contribution in [0.3, 0.4) is 0 Å². The van der Waals surface area contributed by atoms with Gasteiger partial charge in [-0.15, -0.1) is 0 Å². The maximum atomic E-state index is 12.1. The maximum Gasteiger partial charge on any atom is 0.227 e. The van der Waals surface area contributed by atoms with E-state index in [0.717, 1.165) is 32.1 Å². The molecule has 1 fully saturated rings. The first kappa shape index (κ1) is 20.7. The van der Waals surface area contributed by atoms with Gasteiger partial charge in [0.15, 0.2) is 5.96 Å². The molecule has 140 valence electrons. The summed E-state index contributed by atoms with van der Waals surface area (Å²) in [6, 6.07) is 0. The third-order valence-corrected chi connectivity index (χ3v) is 4.81. The number of amides is 1. The van der Waals surface area contributed by atoms with Gasteiger partial charge in [-0.3, -0.25) is 9.79 Å². The van der Waals surface area contributed by atoms with E-state index in [9.17, 15) is 4.79 Å². The lowest BCUT2D eigenvalue weighted by Gasteiger charge is -2.42. The smallest absolute Gasteiger partial charge is 0.227 e. The molecule has 0 bridgehead atoms. The molecule has 0 heterocycles. The standard InChI is InChI=1S/C18H36N4O2/c1-6-19-15(23)17(3,4)13-21-16(20-7-2)22-14-18(9-8-10-18)11-12-24-5/h6-14H2,1-5H3,(H,19,23)(H2,20,21,22). The summed E-state index contributed by atoms with van der Waals surface area (Å²) in [5.41, 5.74) is -0.177. The molecule has 1 saturated carbocycles. The van der Waals surface area contributed by atoms with Crippen LogP contribution in [0.4, 0.5) is 0 Å². The highest BCUT2D eigenvalue weighted by molar-refractivity contribution is 5.83. The first-order valence-corrected chi connectivity index (χ1v) is 9.18. The zero-order valence-electron chi connectivity index (χ0n) is 16.1. The number of guanidine groups is 1. The van der Waals surface area contributed by atoms with E-state index in [4.69, 9.17) is 4.74 Å². The fourth-order valence-electron chi connectivity index (χ4n) is 2.87. The highest BCUT2D eigenvalue weighted by Gasteiger charge is 2.36. The Kier molecular flexibility index (Phi) is 8.53. The van der Waals surface area contributed by atoms with E-state index in [2.05, 4.69) is 27.9 Å². The van der Waals surface area contributed by atoms with Crippen molar-refractivity contribution in [2.45, 2.75) is 53.4 Å². The van der Waals surface area contributed by atoms with Crippen LogP contribution in [-0.2, 0) is 9.53 Å². The number of carbonyl (C=O) groups excluding carboxylic acids is 1. The van der Waals surface area contributed by atoms with Gasteiger partial charge in [-0.25, -0.2) is 0 Å². The Morgan fingerprint density at radius 3 is 2.33 bits per heavy atom. The Morgan fingerprint density at radius 1 is 1.17 bits per heavy atom. The monoisotopic (exact) mass is 340 g/mol. The van der Waals surface area contributed by atoms with Crippen molar-refractivity contribution in [2.24, 2.45) is 15.8 Å². The summed E-state index contributed by atoms with van der Waals surface area (Å²) >= 11 is 0. The highest BCUT2D eigenvalue weighted by atomic mass is 16.5. The Morgan fingerprint density at radius 2 is 1.83 bits per heavy atom. The van der Waals surface area contributed by atoms with Gasteiger partial charge < -0.3 is 20.7 Å².